The molecule has 0 saturated heterocycles. The summed E-state index contributed by atoms with van der Waals surface area (Å²) in [6.45, 7) is 6.45. The van der Waals surface area contributed by atoms with Gasteiger partial charge in [0.1, 0.15) is 11.4 Å². The predicted molar refractivity (Wildman–Crippen MR) is 135 cm³/mol. The molecule has 9 heteroatoms. The zero-order chi connectivity index (χ0) is 25.5. The van der Waals surface area contributed by atoms with Crippen molar-refractivity contribution >= 4 is 17.0 Å². The molecule has 0 spiro atoms. The lowest BCUT2D eigenvalue weighted by molar-refractivity contribution is -0.274. The van der Waals surface area contributed by atoms with Crippen LogP contribution in [0.15, 0.2) is 91.4 Å². The van der Waals surface area contributed by atoms with Crippen LogP contribution >= 0.6 is 0 Å². The molecule has 6 nitrogen and oxygen atoms in total. The molecular formula is C27H24F3N5O. The summed E-state index contributed by atoms with van der Waals surface area (Å²) in [5, 5.41) is 4.07. The van der Waals surface area contributed by atoms with Gasteiger partial charge in [-0.25, -0.2) is 15.0 Å². The standard InChI is InChI=1S/C27H24F3N5O/c1-3-5-6-18(4-2)11-13-31-26-32-14-12-24(35-26)23-17-34-25-22(23)15-20(16-33-25)19-7-9-21(10-8-19)36-27(28,29)30/h3-10,12,14-17H,2,11,13H2,1H3,(H,33,34)(H,31,32,35)/b5-3-,18-6+. The highest BCUT2D eigenvalue weighted by atomic mass is 19.4. The van der Waals surface area contributed by atoms with Crippen molar-refractivity contribution in [3.63, 3.8) is 0 Å². The minimum atomic E-state index is -4.73. The fourth-order valence-corrected chi connectivity index (χ4v) is 3.61. The van der Waals surface area contributed by atoms with Crippen LogP contribution in [-0.4, -0.2) is 32.8 Å². The largest absolute Gasteiger partial charge is 0.573 e. The highest BCUT2D eigenvalue weighted by Gasteiger charge is 2.31. The van der Waals surface area contributed by atoms with Gasteiger partial charge < -0.3 is 15.0 Å². The first-order valence-corrected chi connectivity index (χ1v) is 11.2. The van der Waals surface area contributed by atoms with Gasteiger partial charge in [-0.2, -0.15) is 0 Å². The van der Waals surface area contributed by atoms with Gasteiger partial charge in [0.15, 0.2) is 0 Å². The summed E-state index contributed by atoms with van der Waals surface area (Å²) in [6.07, 6.45) is 8.98. The first kappa shape index (κ1) is 24.7. The van der Waals surface area contributed by atoms with Crippen LogP contribution in [0.25, 0.3) is 33.4 Å². The normalized spacial score (nSPS) is 12.3. The third-order valence-electron chi connectivity index (χ3n) is 5.35. The molecule has 0 atom stereocenters. The molecule has 0 unspecified atom stereocenters. The minimum absolute atomic E-state index is 0.277. The van der Waals surface area contributed by atoms with Gasteiger partial charge in [0, 0.05) is 41.6 Å². The van der Waals surface area contributed by atoms with Crippen molar-refractivity contribution in [2.75, 3.05) is 11.9 Å². The molecule has 3 aromatic heterocycles. The Balaban J connectivity index is 1.54. The van der Waals surface area contributed by atoms with Crippen LogP contribution < -0.4 is 10.1 Å². The number of hydrogen-bond acceptors (Lipinski definition) is 5. The van der Waals surface area contributed by atoms with E-state index in [4.69, 9.17) is 0 Å². The number of ether oxygens (including phenoxy) is 1. The Kier molecular flexibility index (Phi) is 7.48. The van der Waals surface area contributed by atoms with E-state index in [1.54, 1.807) is 24.5 Å². The van der Waals surface area contributed by atoms with Gasteiger partial charge in [-0.3, -0.25) is 0 Å². The van der Waals surface area contributed by atoms with Crippen molar-refractivity contribution < 1.29 is 17.9 Å². The van der Waals surface area contributed by atoms with Gasteiger partial charge in [-0.05, 0) is 48.7 Å². The van der Waals surface area contributed by atoms with Crippen molar-refractivity contribution in [1.82, 2.24) is 19.9 Å². The minimum Gasteiger partial charge on any atom is -0.406 e. The van der Waals surface area contributed by atoms with Crippen LogP contribution in [0.4, 0.5) is 19.1 Å². The van der Waals surface area contributed by atoms with Gasteiger partial charge in [0.05, 0.1) is 5.69 Å². The number of aromatic nitrogens is 4. The quantitative estimate of drug-likeness (QED) is 0.245. The number of aromatic amines is 1. The van der Waals surface area contributed by atoms with Gasteiger partial charge in [0.25, 0.3) is 0 Å². The summed E-state index contributed by atoms with van der Waals surface area (Å²) in [6, 6.07) is 9.41. The van der Waals surface area contributed by atoms with Crippen molar-refractivity contribution in [2.24, 2.45) is 0 Å². The fraction of sp³-hybridized carbons (Fsp3) is 0.148. The molecule has 0 aliphatic rings. The van der Waals surface area contributed by atoms with E-state index in [0.717, 1.165) is 28.5 Å². The van der Waals surface area contributed by atoms with Crippen LogP contribution in [0.2, 0.25) is 0 Å². The maximum Gasteiger partial charge on any atom is 0.573 e. The van der Waals surface area contributed by atoms with Gasteiger partial charge in [-0.1, -0.05) is 43.0 Å². The second kappa shape index (κ2) is 10.9. The van der Waals surface area contributed by atoms with Crippen LogP contribution in [0.3, 0.4) is 0 Å². The Labute approximate surface area is 206 Å². The highest BCUT2D eigenvalue weighted by molar-refractivity contribution is 5.95. The molecule has 0 fully saturated rings. The summed E-state index contributed by atoms with van der Waals surface area (Å²) in [5.41, 5.74) is 4.77. The molecule has 0 bridgehead atoms. The zero-order valence-electron chi connectivity index (χ0n) is 19.5. The molecule has 184 valence electrons. The molecular weight excluding hydrogens is 467 g/mol. The van der Waals surface area contributed by atoms with Crippen LogP contribution in [0.5, 0.6) is 5.75 Å². The average Bonchev–Trinajstić information content (AvgIpc) is 3.29. The summed E-state index contributed by atoms with van der Waals surface area (Å²) >= 11 is 0. The number of alkyl halides is 3. The molecule has 2 N–H and O–H groups in total. The van der Waals surface area contributed by atoms with Crippen molar-refractivity contribution in [1.29, 1.82) is 0 Å². The van der Waals surface area contributed by atoms with Crippen molar-refractivity contribution in [3.8, 4) is 28.1 Å². The Morgan fingerprint density at radius 3 is 2.67 bits per heavy atom. The SMILES string of the molecule is C=C/C(=C\C=C/C)CCNc1nccc(-c2c[nH]c3ncc(-c4ccc(OC(F)(F)F)cc4)cc23)n1. The number of H-pyrrole nitrogens is 1. The zero-order valence-corrected chi connectivity index (χ0v) is 19.5. The predicted octanol–water partition coefficient (Wildman–Crippen LogP) is 7.08. The van der Waals surface area contributed by atoms with E-state index in [1.165, 1.54) is 12.1 Å². The molecule has 0 radical (unpaired) electrons. The Hall–Kier alpha value is -4.40. The molecule has 1 aromatic carbocycles. The Morgan fingerprint density at radius 1 is 1.14 bits per heavy atom. The number of hydrogen-bond donors (Lipinski definition) is 2. The Bertz CT molecular complexity index is 1410. The molecule has 4 aromatic rings. The molecule has 36 heavy (non-hydrogen) atoms. The summed E-state index contributed by atoms with van der Waals surface area (Å²) in [4.78, 5) is 16.6. The molecule has 4 rings (SSSR count). The number of nitrogens with zero attached hydrogens (tertiary/aromatic N) is 3. The number of halogens is 3. The second-order valence-electron chi connectivity index (χ2n) is 7.81. The lowest BCUT2D eigenvalue weighted by atomic mass is 10.0. The molecule has 0 amide bonds. The van der Waals surface area contributed by atoms with E-state index in [2.05, 4.69) is 36.6 Å². The maximum atomic E-state index is 12.4. The first-order chi connectivity index (χ1) is 17.4. The van der Waals surface area contributed by atoms with E-state index in [1.807, 2.05) is 49.6 Å². The number of rotatable bonds is 9. The number of allylic oxidation sites excluding steroid dienone is 4. The molecule has 0 aliphatic heterocycles. The molecule has 0 aliphatic carbocycles. The van der Waals surface area contributed by atoms with Crippen molar-refractivity contribution in [3.05, 3.63) is 91.4 Å². The number of nitrogens with one attached hydrogen (secondary N) is 2. The monoisotopic (exact) mass is 491 g/mol. The third kappa shape index (κ3) is 6.18. The number of anilines is 1. The second-order valence-corrected chi connectivity index (χ2v) is 7.81. The fourth-order valence-electron chi connectivity index (χ4n) is 3.61. The number of pyridine rings is 1. The van der Waals surface area contributed by atoms with Crippen molar-refractivity contribution in [2.45, 2.75) is 19.7 Å². The number of benzene rings is 1. The highest BCUT2D eigenvalue weighted by Crippen LogP contribution is 2.31. The number of fused-ring (bicyclic) bond motifs is 1. The Morgan fingerprint density at radius 2 is 1.94 bits per heavy atom. The van der Waals surface area contributed by atoms with Gasteiger partial charge >= 0.3 is 6.36 Å². The summed E-state index contributed by atoms with van der Waals surface area (Å²) < 4.78 is 41.3. The van der Waals surface area contributed by atoms with E-state index in [0.29, 0.717) is 29.4 Å². The molecule has 3 heterocycles. The van der Waals surface area contributed by atoms with Crippen LogP contribution in [0, 0.1) is 0 Å². The average molecular weight is 492 g/mol. The van der Waals surface area contributed by atoms with E-state index < -0.39 is 6.36 Å². The van der Waals surface area contributed by atoms with Crippen LogP contribution in [-0.2, 0) is 0 Å². The summed E-state index contributed by atoms with van der Waals surface area (Å²) in [7, 11) is 0. The lowest BCUT2D eigenvalue weighted by Crippen LogP contribution is -2.16. The van der Waals surface area contributed by atoms with E-state index in [-0.39, 0.29) is 5.75 Å². The smallest absolute Gasteiger partial charge is 0.406 e. The van der Waals surface area contributed by atoms with Gasteiger partial charge in [0.2, 0.25) is 5.95 Å². The third-order valence-corrected chi connectivity index (χ3v) is 5.35. The van der Waals surface area contributed by atoms with Crippen LogP contribution in [0.1, 0.15) is 13.3 Å². The van der Waals surface area contributed by atoms with E-state index >= 15 is 0 Å². The topological polar surface area (TPSA) is 75.7 Å². The van der Waals surface area contributed by atoms with Gasteiger partial charge in [-0.15, -0.1) is 13.2 Å². The lowest BCUT2D eigenvalue weighted by Gasteiger charge is -2.09. The maximum absolute atomic E-state index is 12.4. The first-order valence-electron chi connectivity index (χ1n) is 11.2. The van der Waals surface area contributed by atoms with E-state index in [9.17, 15) is 13.2 Å². The molecule has 0 saturated carbocycles. The summed E-state index contributed by atoms with van der Waals surface area (Å²) in [5.74, 6) is 0.224.